The number of hydrogen-bond acceptors (Lipinski definition) is 2. The predicted molar refractivity (Wildman–Crippen MR) is 79.3 cm³/mol. The van der Waals surface area contributed by atoms with E-state index in [0.717, 1.165) is 21.9 Å². The van der Waals surface area contributed by atoms with Gasteiger partial charge in [0.25, 0.3) is 0 Å². The third-order valence-corrected chi connectivity index (χ3v) is 2.79. The van der Waals surface area contributed by atoms with Crippen LogP contribution in [0.1, 0.15) is 11.1 Å². The predicted octanol–water partition coefficient (Wildman–Crippen LogP) is 4.49. The zero-order chi connectivity index (χ0) is 13.5. The second-order valence-corrected chi connectivity index (χ2v) is 4.44. The van der Waals surface area contributed by atoms with Crippen molar-refractivity contribution in [3.63, 3.8) is 0 Å². The molecule has 0 bridgehead atoms. The Bertz CT molecular complexity index is 547. The first-order chi connectivity index (χ1) is 9.28. The van der Waals surface area contributed by atoms with Crippen LogP contribution in [0.3, 0.4) is 0 Å². The topological polar surface area (TPSA) is 18.5 Å². The average Bonchev–Trinajstić information content (AvgIpc) is 2.45. The molecule has 2 nitrogen and oxygen atoms in total. The van der Waals surface area contributed by atoms with Gasteiger partial charge >= 0.3 is 0 Å². The maximum absolute atomic E-state index is 5.85. The quantitative estimate of drug-likeness (QED) is 0.591. The van der Waals surface area contributed by atoms with Gasteiger partial charge < -0.3 is 9.47 Å². The smallest absolute Gasteiger partial charge is 0.188 e. The molecule has 3 heteroatoms. The highest BCUT2D eigenvalue weighted by atomic mass is 35.5. The zero-order valence-electron chi connectivity index (χ0n) is 10.7. The minimum atomic E-state index is 0.254. The van der Waals surface area contributed by atoms with Crippen molar-refractivity contribution in [2.75, 3.05) is 13.9 Å². The Labute approximate surface area is 118 Å². The Morgan fingerprint density at radius 2 is 1.74 bits per heavy atom. The van der Waals surface area contributed by atoms with E-state index in [0.29, 0.717) is 0 Å². The Kier molecular flexibility index (Phi) is 5.01. The van der Waals surface area contributed by atoms with Crippen molar-refractivity contribution in [1.29, 1.82) is 0 Å². The van der Waals surface area contributed by atoms with Gasteiger partial charge in [0.05, 0.1) is 0 Å². The number of ether oxygens (including phenoxy) is 2. The van der Waals surface area contributed by atoms with E-state index >= 15 is 0 Å². The molecule has 0 N–H and O–H groups in total. The van der Waals surface area contributed by atoms with E-state index in [1.807, 2.05) is 60.7 Å². The van der Waals surface area contributed by atoms with Crippen molar-refractivity contribution < 1.29 is 9.47 Å². The fourth-order valence-corrected chi connectivity index (χ4v) is 1.73. The average molecular weight is 275 g/mol. The summed E-state index contributed by atoms with van der Waals surface area (Å²) in [6.07, 6.45) is 4.06. The highest BCUT2D eigenvalue weighted by molar-refractivity contribution is 6.30. The fraction of sp³-hybridized carbons (Fsp3) is 0.125. The molecule has 0 aromatic heterocycles. The molecule has 2 aromatic rings. The van der Waals surface area contributed by atoms with Gasteiger partial charge in [-0.15, -0.1) is 0 Å². The molecule has 0 heterocycles. The van der Waals surface area contributed by atoms with Gasteiger partial charge in [0, 0.05) is 12.1 Å². The summed E-state index contributed by atoms with van der Waals surface area (Å²) < 4.78 is 10.3. The highest BCUT2D eigenvalue weighted by Crippen LogP contribution is 2.16. The molecular weight excluding hydrogens is 260 g/mol. The summed E-state index contributed by atoms with van der Waals surface area (Å²) >= 11 is 5.85. The maximum atomic E-state index is 5.85. The largest absolute Gasteiger partial charge is 0.468 e. The van der Waals surface area contributed by atoms with Crippen molar-refractivity contribution in [2.45, 2.75) is 0 Å². The van der Waals surface area contributed by atoms with Crippen LogP contribution in [0.5, 0.6) is 5.75 Å². The van der Waals surface area contributed by atoms with Crippen LogP contribution in [0.25, 0.3) is 12.2 Å². The summed E-state index contributed by atoms with van der Waals surface area (Å²) in [7, 11) is 1.60. The summed E-state index contributed by atoms with van der Waals surface area (Å²) in [6.45, 7) is 0.254. The third kappa shape index (κ3) is 4.43. The number of methoxy groups -OCH3 is 1. The first-order valence-electron chi connectivity index (χ1n) is 5.93. The molecule has 0 aliphatic heterocycles. The van der Waals surface area contributed by atoms with Crippen LogP contribution in [0, 0.1) is 0 Å². The lowest BCUT2D eigenvalue weighted by Crippen LogP contribution is -1.98. The van der Waals surface area contributed by atoms with Crippen LogP contribution in [-0.4, -0.2) is 13.9 Å². The fourth-order valence-electron chi connectivity index (χ4n) is 1.60. The molecule has 0 saturated carbocycles. The summed E-state index contributed by atoms with van der Waals surface area (Å²) in [6, 6.07) is 15.5. The van der Waals surface area contributed by atoms with E-state index in [4.69, 9.17) is 21.1 Å². The molecule has 98 valence electrons. The standard InChI is InChI=1S/C16H15ClO2/c1-18-12-19-16-4-2-3-14(11-16)6-5-13-7-9-15(17)10-8-13/h2-11H,12H2,1H3/b6-5+. The Hall–Kier alpha value is -1.77. The first kappa shape index (κ1) is 13.7. The normalized spacial score (nSPS) is 10.8. The second-order valence-electron chi connectivity index (χ2n) is 4.01. The van der Waals surface area contributed by atoms with E-state index in [1.165, 1.54) is 0 Å². The van der Waals surface area contributed by atoms with Crippen molar-refractivity contribution in [2.24, 2.45) is 0 Å². The van der Waals surface area contributed by atoms with Gasteiger partial charge in [0.1, 0.15) is 5.75 Å². The Morgan fingerprint density at radius 3 is 2.47 bits per heavy atom. The molecule has 0 saturated heterocycles. The molecule has 2 aromatic carbocycles. The number of halogens is 1. The first-order valence-corrected chi connectivity index (χ1v) is 6.31. The Balaban J connectivity index is 2.07. The van der Waals surface area contributed by atoms with Crippen LogP contribution >= 0.6 is 11.6 Å². The molecule has 19 heavy (non-hydrogen) atoms. The van der Waals surface area contributed by atoms with E-state index < -0.39 is 0 Å². The maximum Gasteiger partial charge on any atom is 0.188 e. The minimum absolute atomic E-state index is 0.254. The van der Waals surface area contributed by atoms with Crippen LogP contribution < -0.4 is 4.74 Å². The van der Waals surface area contributed by atoms with Gasteiger partial charge in [-0.2, -0.15) is 0 Å². The van der Waals surface area contributed by atoms with E-state index in [-0.39, 0.29) is 6.79 Å². The monoisotopic (exact) mass is 274 g/mol. The van der Waals surface area contributed by atoms with Gasteiger partial charge in [0.15, 0.2) is 6.79 Å². The molecule has 0 radical (unpaired) electrons. The lowest BCUT2D eigenvalue weighted by molar-refractivity contribution is 0.0511. The Morgan fingerprint density at radius 1 is 1.00 bits per heavy atom. The van der Waals surface area contributed by atoms with Gasteiger partial charge in [0.2, 0.25) is 0 Å². The van der Waals surface area contributed by atoms with Crippen molar-refractivity contribution in [1.82, 2.24) is 0 Å². The van der Waals surface area contributed by atoms with Gasteiger partial charge in [-0.25, -0.2) is 0 Å². The SMILES string of the molecule is COCOc1cccc(/C=C/c2ccc(Cl)cc2)c1. The second kappa shape index (κ2) is 6.98. The van der Waals surface area contributed by atoms with Crippen LogP contribution in [0.15, 0.2) is 48.5 Å². The molecule has 0 spiro atoms. The van der Waals surface area contributed by atoms with E-state index in [1.54, 1.807) is 7.11 Å². The summed E-state index contributed by atoms with van der Waals surface area (Å²) in [4.78, 5) is 0. The molecule has 0 fully saturated rings. The number of rotatable bonds is 5. The van der Waals surface area contributed by atoms with E-state index in [9.17, 15) is 0 Å². The van der Waals surface area contributed by atoms with Gasteiger partial charge in [-0.3, -0.25) is 0 Å². The summed E-state index contributed by atoms with van der Waals surface area (Å²) in [5.41, 5.74) is 2.18. The number of hydrogen-bond donors (Lipinski definition) is 0. The summed E-state index contributed by atoms with van der Waals surface area (Å²) in [5.74, 6) is 0.792. The van der Waals surface area contributed by atoms with Crippen LogP contribution in [-0.2, 0) is 4.74 Å². The van der Waals surface area contributed by atoms with Crippen molar-refractivity contribution in [3.8, 4) is 5.75 Å². The lowest BCUT2D eigenvalue weighted by Gasteiger charge is -2.04. The molecule has 0 amide bonds. The summed E-state index contributed by atoms with van der Waals surface area (Å²) in [5, 5.41) is 0.743. The molecule has 0 unspecified atom stereocenters. The van der Waals surface area contributed by atoms with Gasteiger partial charge in [-0.05, 0) is 35.4 Å². The molecular formula is C16H15ClO2. The van der Waals surface area contributed by atoms with E-state index in [2.05, 4.69) is 0 Å². The van der Waals surface area contributed by atoms with Crippen molar-refractivity contribution >= 4 is 23.8 Å². The molecule has 0 aliphatic carbocycles. The van der Waals surface area contributed by atoms with Gasteiger partial charge in [-0.1, -0.05) is 48.0 Å². The van der Waals surface area contributed by atoms with Crippen molar-refractivity contribution in [3.05, 3.63) is 64.7 Å². The number of benzene rings is 2. The van der Waals surface area contributed by atoms with Crippen LogP contribution in [0.4, 0.5) is 0 Å². The minimum Gasteiger partial charge on any atom is -0.468 e. The zero-order valence-corrected chi connectivity index (χ0v) is 11.4. The molecule has 0 aliphatic rings. The third-order valence-electron chi connectivity index (χ3n) is 2.54. The molecule has 2 rings (SSSR count). The highest BCUT2D eigenvalue weighted by Gasteiger charge is 1.94. The lowest BCUT2D eigenvalue weighted by atomic mass is 10.1. The van der Waals surface area contributed by atoms with Crippen LogP contribution in [0.2, 0.25) is 5.02 Å². The molecule has 0 atom stereocenters.